The van der Waals surface area contributed by atoms with Crippen LogP contribution in [-0.4, -0.2) is 51.4 Å². The van der Waals surface area contributed by atoms with Crippen LogP contribution in [0.15, 0.2) is 83.8 Å². The van der Waals surface area contributed by atoms with Gasteiger partial charge in [-0.1, -0.05) is 37.3 Å². The highest BCUT2D eigenvalue weighted by atomic mass is 32.2. The first-order valence-corrected chi connectivity index (χ1v) is 13.7. The molecule has 3 aromatic carbocycles. The van der Waals surface area contributed by atoms with Gasteiger partial charge in [-0.15, -0.1) is 0 Å². The van der Waals surface area contributed by atoms with Crippen LogP contribution < -0.4 is 14.4 Å². The number of carbonyl (C=O) groups is 2. The lowest BCUT2D eigenvalue weighted by Gasteiger charge is -2.33. The molecule has 1 atom stereocenters. The quantitative estimate of drug-likeness (QED) is 0.374. The molecular formula is C28H32FN3O5S. The molecule has 0 heterocycles. The van der Waals surface area contributed by atoms with Gasteiger partial charge in [-0.25, -0.2) is 12.8 Å². The van der Waals surface area contributed by atoms with Crippen molar-refractivity contribution < 1.29 is 27.1 Å². The van der Waals surface area contributed by atoms with Crippen molar-refractivity contribution in [1.82, 2.24) is 10.2 Å². The summed E-state index contributed by atoms with van der Waals surface area (Å²) in [4.78, 5) is 27.7. The summed E-state index contributed by atoms with van der Waals surface area (Å²) in [6, 6.07) is 19.0. The zero-order chi connectivity index (χ0) is 27.7. The van der Waals surface area contributed by atoms with Crippen molar-refractivity contribution in [2.75, 3.05) is 24.5 Å². The van der Waals surface area contributed by atoms with Gasteiger partial charge in [-0.05, 0) is 67.4 Å². The molecule has 0 radical (unpaired) electrons. The molecule has 202 valence electrons. The van der Waals surface area contributed by atoms with E-state index in [0.29, 0.717) is 18.8 Å². The number of hydrogen-bond donors (Lipinski definition) is 1. The molecule has 0 aliphatic rings. The number of rotatable bonds is 12. The van der Waals surface area contributed by atoms with Gasteiger partial charge in [0.15, 0.2) is 0 Å². The van der Waals surface area contributed by atoms with E-state index in [0.717, 1.165) is 34.1 Å². The van der Waals surface area contributed by atoms with E-state index >= 15 is 0 Å². The number of anilines is 1. The minimum absolute atomic E-state index is 0.110. The Labute approximate surface area is 223 Å². The van der Waals surface area contributed by atoms with Crippen LogP contribution in [0.4, 0.5) is 10.1 Å². The highest BCUT2D eigenvalue weighted by molar-refractivity contribution is 7.92. The van der Waals surface area contributed by atoms with Crippen LogP contribution in [0.2, 0.25) is 0 Å². The van der Waals surface area contributed by atoms with Gasteiger partial charge >= 0.3 is 0 Å². The molecule has 0 spiro atoms. The van der Waals surface area contributed by atoms with Gasteiger partial charge in [-0.2, -0.15) is 0 Å². The van der Waals surface area contributed by atoms with Gasteiger partial charge < -0.3 is 15.0 Å². The standard InChI is InChI=1S/C28H32FN3O5S/c1-4-26(28(34)30-3)31(19-21-9-7-6-8-10-21)27(33)20-32(23-13-15-24(16-14-23)37-5-2)38(35,36)25-17-11-22(29)12-18-25/h6-18,26H,4-5,19-20H2,1-3H3,(H,30,34)/t26-/m1/s1. The summed E-state index contributed by atoms with van der Waals surface area (Å²) in [7, 11) is -2.79. The number of halogens is 1. The van der Waals surface area contributed by atoms with Crippen molar-refractivity contribution in [3.8, 4) is 5.75 Å². The minimum Gasteiger partial charge on any atom is -0.494 e. The van der Waals surface area contributed by atoms with Gasteiger partial charge in [0.25, 0.3) is 10.0 Å². The van der Waals surface area contributed by atoms with Crippen LogP contribution in [0, 0.1) is 5.82 Å². The van der Waals surface area contributed by atoms with Crippen molar-refractivity contribution >= 4 is 27.5 Å². The molecule has 3 aromatic rings. The summed E-state index contributed by atoms with van der Waals surface area (Å²) in [5, 5.41) is 2.59. The van der Waals surface area contributed by atoms with E-state index in [-0.39, 0.29) is 23.0 Å². The van der Waals surface area contributed by atoms with Crippen molar-refractivity contribution in [2.24, 2.45) is 0 Å². The lowest BCUT2D eigenvalue weighted by molar-refractivity contribution is -0.140. The zero-order valence-corrected chi connectivity index (χ0v) is 22.4. The van der Waals surface area contributed by atoms with Crippen LogP contribution in [0.1, 0.15) is 25.8 Å². The van der Waals surface area contributed by atoms with Crippen LogP contribution in [-0.2, 0) is 26.2 Å². The second-order valence-corrected chi connectivity index (χ2v) is 10.3. The van der Waals surface area contributed by atoms with E-state index in [1.54, 1.807) is 19.1 Å². The van der Waals surface area contributed by atoms with Gasteiger partial charge in [0.1, 0.15) is 24.2 Å². The van der Waals surface area contributed by atoms with Crippen molar-refractivity contribution in [1.29, 1.82) is 0 Å². The molecule has 0 aliphatic carbocycles. The molecule has 3 rings (SSSR count). The predicted molar refractivity (Wildman–Crippen MR) is 144 cm³/mol. The Balaban J connectivity index is 2.04. The third-order valence-electron chi connectivity index (χ3n) is 5.94. The maximum atomic E-state index is 13.8. The van der Waals surface area contributed by atoms with Crippen molar-refractivity contribution in [3.63, 3.8) is 0 Å². The Morgan fingerprint density at radius 2 is 1.58 bits per heavy atom. The molecule has 1 N–H and O–H groups in total. The Morgan fingerprint density at radius 3 is 2.13 bits per heavy atom. The largest absolute Gasteiger partial charge is 0.494 e. The van der Waals surface area contributed by atoms with Gasteiger partial charge in [0.05, 0.1) is 17.2 Å². The molecule has 8 nitrogen and oxygen atoms in total. The fourth-order valence-corrected chi connectivity index (χ4v) is 5.42. The fraction of sp³-hybridized carbons (Fsp3) is 0.286. The van der Waals surface area contributed by atoms with E-state index in [2.05, 4.69) is 5.32 Å². The van der Waals surface area contributed by atoms with Crippen LogP contribution >= 0.6 is 0 Å². The molecule has 0 unspecified atom stereocenters. The van der Waals surface area contributed by atoms with E-state index in [1.165, 1.54) is 24.1 Å². The number of nitrogens with one attached hydrogen (secondary N) is 1. The molecule has 0 fully saturated rings. The molecular weight excluding hydrogens is 509 g/mol. The monoisotopic (exact) mass is 541 g/mol. The fourth-order valence-electron chi connectivity index (χ4n) is 4.00. The topological polar surface area (TPSA) is 96.0 Å². The summed E-state index contributed by atoms with van der Waals surface area (Å²) in [5.74, 6) is -0.967. The lowest BCUT2D eigenvalue weighted by atomic mass is 10.1. The highest BCUT2D eigenvalue weighted by Crippen LogP contribution is 2.27. The number of amides is 2. The van der Waals surface area contributed by atoms with Crippen LogP contribution in [0.3, 0.4) is 0 Å². The molecule has 2 amide bonds. The normalized spacial score (nSPS) is 11.9. The molecule has 10 heteroatoms. The summed E-state index contributed by atoms with van der Waals surface area (Å²) in [6.45, 7) is 3.58. The smallest absolute Gasteiger partial charge is 0.264 e. The summed E-state index contributed by atoms with van der Waals surface area (Å²) < 4.78 is 47.4. The number of ether oxygens (including phenoxy) is 1. The van der Waals surface area contributed by atoms with Crippen molar-refractivity contribution in [3.05, 3.63) is 90.2 Å². The minimum atomic E-state index is -4.28. The number of nitrogens with zero attached hydrogens (tertiary/aromatic N) is 2. The SMILES string of the molecule is CCOc1ccc(N(CC(=O)N(Cc2ccccc2)[C@H](CC)C(=O)NC)S(=O)(=O)c2ccc(F)cc2)cc1. The first-order valence-electron chi connectivity index (χ1n) is 12.3. The summed E-state index contributed by atoms with van der Waals surface area (Å²) in [5.41, 5.74) is 1.01. The van der Waals surface area contributed by atoms with E-state index in [1.807, 2.05) is 37.3 Å². The second-order valence-electron chi connectivity index (χ2n) is 8.44. The number of likely N-dealkylation sites (N-methyl/N-ethyl adjacent to an activating group) is 1. The molecule has 0 bridgehead atoms. The van der Waals surface area contributed by atoms with E-state index in [4.69, 9.17) is 4.74 Å². The molecule has 0 aromatic heterocycles. The number of benzene rings is 3. The van der Waals surface area contributed by atoms with Crippen molar-refractivity contribution in [2.45, 2.75) is 37.8 Å². The predicted octanol–water partition coefficient (Wildman–Crippen LogP) is 3.97. The summed E-state index contributed by atoms with van der Waals surface area (Å²) in [6.07, 6.45) is 0.325. The lowest BCUT2D eigenvalue weighted by Crippen LogP contribution is -2.51. The van der Waals surface area contributed by atoms with Gasteiger partial charge in [0, 0.05) is 13.6 Å². The second kappa shape index (κ2) is 13.0. The Hall–Kier alpha value is -3.92. The van der Waals surface area contributed by atoms with Gasteiger partial charge in [-0.3, -0.25) is 13.9 Å². The molecule has 0 saturated carbocycles. The maximum absolute atomic E-state index is 13.8. The first-order chi connectivity index (χ1) is 18.2. The average molecular weight is 542 g/mol. The maximum Gasteiger partial charge on any atom is 0.264 e. The molecule has 0 aliphatic heterocycles. The van der Waals surface area contributed by atoms with Crippen LogP contribution in [0.25, 0.3) is 0 Å². The number of sulfonamides is 1. The molecule has 38 heavy (non-hydrogen) atoms. The van der Waals surface area contributed by atoms with E-state index in [9.17, 15) is 22.4 Å². The Morgan fingerprint density at radius 1 is 0.947 bits per heavy atom. The Kier molecular flexibility index (Phi) is 9.84. The molecule has 0 saturated heterocycles. The first kappa shape index (κ1) is 28.6. The average Bonchev–Trinajstić information content (AvgIpc) is 2.92. The summed E-state index contributed by atoms with van der Waals surface area (Å²) >= 11 is 0. The van der Waals surface area contributed by atoms with Crippen LogP contribution in [0.5, 0.6) is 5.75 Å². The van der Waals surface area contributed by atoms with E-state index < -0.39 is 34.3 Å². The zero-order valence-electron chi connectivity index (χ0n) is 21.6. The number of hydrogen-bond acceptors (Lipinski definition) is 5. The third kappa shape index (κ3) is 6.89. The third-order valence-corrected chi connectivity index (χ3v) is 7.73. The Bertz CT molecular complexity index is 1320. The number of carbonyl (C=O) groups excluding carboxylic acids is 2. The highest BCUT2D eigenvalue weighted by Gasteiger charge is 2.33. The van der Waals surface area contributed by atoms with Gasteiger partial charge in [0.2, 0.25) is 11.8 Å².